The van der Waals surface area contributed by atoms with Crippen molar-refractivity contribution in [1.29, 1.82) is 0 Å². The Bertz CT molecular complexity index is 376. The van der Waals surface area contributed by atoms with Gasteiger partial charge in [-0.2, -0.15) is 0 Å². The van der Waals surface area contributed by atoms with Crippen LogP contribution in [-0.2, 0) is 0 Å². The number of hydrogen-bond donors (Lipinski definition) is 2. The molecule has 3 N–H and O–H groups in total. The van der Waals surface area contributed by atoms with Gasteiger partial charge in [0, 0.05) is 30.3 Å². The van der Waals surface area contributed by atoms with Crippen LogP contribution in [0.1, 0.15) is 18.0 Å². The number of hydrogen-bond acceptors (Lipinski definition) is 4. The second-order valence-electron chi connectivity index (χ2n) is 3.08. The average molecular weight is 251 g/mol. The zero-order valence-corrected chi connectivity index (χ0v) is 9.11. The fourth-order valence-corrected chi connectivity index (χ4v) is 1.22. The lowest BCUT2D eigenvalue weighted by Gasteiger charge is -2.10. The molecule has 1 rings (SSSR count). The van der Waals surface area contributed by atoms with Gasteiger partial charge in [-0.25, -0.2) is 4.39 Å². The zero-order valence-electron chi connectivity index (χ0n) is 8.30. The van der Waals surface area contributed by atoms with Crippen LogP contribution in [0, 0.1) is 15.9 Å². The van der Waals surface area contributed by atoms with Crippen molar-refractivity contribution in [3.63, 3.8) is 0 Å². The molecule has 0 radical (unpaired) electrons. The van der Waals surface area contributed by atoms with Gasteiger partial charge in [0.1, 0.15) is 5.82 Å². The van der Waals surface area contributed by atoms with E-state index in [4.69, 9.17) is 10.8 Å². The van der Waals surface area contributed by atoms with E-state index in [-0.39, 0.29) is 36.7 Å². The van der Waals surface area contributed by atoms with Gasteiger partial charge < -0.3 is 10.8 Å². The predicted molar refractivity (Wildman–Crippen MR) is 58.9 cm³/mol. The predicted octanol–water partition coefficient (Wildman–Crippen LogP) is 1.54. The number of non-ortho nitro benzene ring substituents is 1. The summed E-state index contributed by atoms with van der Waals surface area (Å²) >= 11 is 0. The van der Waals surface area contributed by atoms with Crippen LogP contribution in [-0.4, -0.2) is 16.6 Å². The second kappa shape index (κ2) is 6.37. The van der Waals surface area contributed by atoms with E-state index >= 15 is 0 Å². The summed E-state index contributed by atoms with van der Waals surface area (Å²) in [6, 6.07) is 2.44. The highest BCUT2D eigenvalue weighted by atomic mass is 35.5. The molecule has 16 heavy (non-hydrogen) atoms. The van der Waals surface area contributed by atoms with Gasteiger partial charge in [0.15, 0.2) is 0 Å². The molecule has 0 aromatic heterocycles. The largest absolute Gasteiger partial charge is 0.396 e. The molecule has 1 aromatic carbocycles. The Morgan fingerprint density at radius 2 is 2.19 bits per heavy atom. The van der Waals surface area contributed by atoms with Crippen LogP contribution >= 0.6 is 12.4 Å². The molecule has 7 heteroatoms. The first-order valence-electron chi connectivity index (χ1n) is 4.36. The number of benzene rings is 1. The van der Waals surface area contributed by atoms with Gasteiger partial charge in [-0.05, 0) is 12.5 Å². The highest BCUT2D eigenvalue weighted by Gasteiger charge is 2.15. The number of rotatable bonds is 4. The van der Waals surface area contributed by atoms with Crippen LogP contribution in [0.4, 0.5) is 10.1 Å². The number of aliphatic hydroxyl groups excluding tert-OH is 1. The third-order valence-corrected chi connectivity index (χ3v) is 2.03. The third kappa shape index (κ3) is 3.41. The minimum absolute atomic E-state index is 0. The van der Waals surface area contributed by atoms with Gasteiger partial charge in [0.2, 0.25) is 0 Å². The van der Waals surface area contributed by atoms with Crippen molar-refractivity contribution in [3.8, 4) is 0 Å². The van der Waals surface area contributed by atoms with Gasteiger partial charge in [-0.3, -0.25) is 10.1 Å². The Balaban J connectivity index is 0.00000225. The van der Waals surface area contributed by atoms with E-state index in [0.717, 1.165) is 18.2 Å². The standard InChI is InChI=1S/C9H11FN2O3.ClH/c10-8-2-1-6(12(14)15)5-7(8)9(11)3-4-13;/h1-2,5,9,13H,3-4,11H2;1H. The molecule has 1 aromatic rings. The van der Waals surface area contributed by atoms with Crippen molar-refractivity contribution >= 4 is 18.1 Å². The smallest absolute Gasteiger partial charge is 0.269 e. The van der Waals surface area contributed by atoms with Gasteiger partial charge in [-0.15, -0.1) is 12.4 Å². The summed E-state index contributed by atoms with van der Waals surface area (Å²) < 4.78 is 13.2. The molecule has 0 aliphatic rings. The van der Waals surface area contributed by atoms with Crippen molar-refractivity contribution in [3.05, 3.63) is 39.7 Å². The molecule has 0 aliphatic carbocycles. The molecule has 90 valence electrons. The van der Waals surface area contributed by atoms with Crippen LogP contribution in [0.2, 0.25) is 0 Å². The molecule has 5 nitrogen and oxygen atoms in total. The second-order valence-corrected chi connectivity index (χ2v) is 3.08. The summed E-state index contributed by atoms with van der Waals surface area (Å²) in [5.74, 6) is -0.596. The lowest BCUT2D eigenvalue weighted by atomic mass is 10.0. The van der Waals surface area contributed by atoms with E-state index in [1.54, 1.807) is 0 Å². The van der Waals surface area contributed by atoms with Gasteiger partial charge in [0.05, 0.1) is 4.92 Å². The van der Waals surface area contributed by atoms with Crippen LogP contribution in [0.5, 0.6) is 0 Å². The Labute approximate surface area is 97.6 Å². The molecule has 0 heterocycles. The zero-order chi connectivity index (χ0) is 11.4. The molecule has 1 atom stereocenters. The van der Waals surface area contributed by atoms with E-state index < -0.39 is 16.8 Å². The maximum atomic E-state index is 13.2. The number of nitrogens with two attached hydrogens (primary N) is 1. The van der Waals surface area contributed by atoms with Crippen LogP contribution in [0.25, 0.3) is 0 Å². The third-order valence-electron chi connectivity index (χ3n) is 2.03. The average Bonchev–Trinajstić information content (AvgIpc) is 2.18. The topological polar surface area (TPSA) is 89.4 Å². The lowest BCUT2D eigenvalue weighted by Crippen LogP contribution is -2.14. The maximum absolute atomic E-state index is 13.2. The summed E-state index contributed by atoms with van der Waals surface area (Å²) in [4.78, 5) is 9.82. The van der Waals surface area contributed by atoms with E-state index in [2.05, 4.69) is 0 Å². The lowest BCUT2D eigenvalue weighted by molar-refractivity contribution is -0.385. The van der Waals surface area contributed by atoms with Gasteiger partial charge in [0.25, 0.3) is 5.69 Å². The number of nitro benzene ring substituents is 1. The maximum Gasteiger partial charge on any atom is 0.269 e. The molecule has 0 spiro atoms. The first-order valence-corrected chi connectivity index (χ1v) is 4.36. The van der Waals surface area contributed by atoms with E-state index in [1.807, 2.05) is 0 Å². The van der Waals surface area contributed by atoms with Crippen molar-refractivity contribution in [2.24, 2.45) is 5.73 Å². The van der Waals surface area contributed by atoms with Crippen molar-refractivity contribution in [2.75, 3.05) is 6.61 Å². The first kappa shape index (κ1) is 14.8. The Morgan fingerprint density at radius 1 is 1.56 bits per heavy atom. The van der Waals surface area contributed by atoms with E-state index in [9.17, 15) is 14.5 Å². The van der Waals surface area contributed by atoms with Gasteiger partial charge in [-0.1, -0.05) is 0 Å². The molecule has 0 aliphatic heterocycles. The summed E-state index contributed by atoms with van der Waals surface area (Å²) in [7, 11) is 0. The Kier molecular flexibility index (Phi) is 5.87. The molecule has 0 fully saturated rings. The minimum Gasteiger partial charge on any atom is -0.396 e. The number of aliphatic hydroxyl groups is 1. The molecule has 1 unspecified atom stereocenters. The normalized spacial score (nSPS) is 11.7. The monoisotopic (exact) mass is 250 g/mol. The fourth-order valence-electron chi connectivity index (χ4n) is 1.22. The summed E-state index contributed by atoms with van der Waals surface area (Å²) in [6.45, 7) is -0.191. The molecular weight excluding hydrogens is 239 g/mol. The summed E-state index contributed by atoms with van der Waals surface area (Å²) in [5, 5.41) is 19.1. The van der Waals surface area contributed by atoms with Crippen molar-refractivity contribution in [1.82, 2.24) is 0 Å². The van der Waals surface area contributed by atoms with E-state index in [0.29, 0.717) is 0 Å². The Hall–Kier alpha value is -1.24. The van der Waals surface area contributed by atoms with Crippen molar-refractivity contribution < 1.29 is 14.4 Å². The fraction of sp³-hybridized carbons (Fsp3) is 0.333. The highest BCUT2D eigenvalue weighted by molar-refractivity contribution is 5.85. The minimum atomic E-state index is -0.727. The number of nitro groups is 1. The highest BCUT2D eigenvalue weighted by Crippen LogP contribution is 2.22. The molecule has 0 bridgehead atoms. The van der Waals surface area contributed by atoms with Crippen molar-refractivity contribution in [2.45, 2.75) is 12.5 Å². The summed E-state index contributed by atoms with van der Waals surface area (Å²) in [6.07, 6.45) is 0.165. The van der Waals surface area contributed by atoms with Crippen LogP contribution in [0.15, 0.2) is 18.2 Å². The number of halogens is 2. The van der Waals surface area contributed by atoms with Gasteiger partial charge >= 0.3 is 0 Å². The molecule has 0 amide bonds. The number of nitrogens with zero attached hydrogens (tertiary/aromatic N) is 1. The first-order chi connectivity index (χ1) is 7.06. The Morgan fingerprint density at radius 3 is 2.69 bits per heavy atom. The molecule has 0 saturated carbocycles. The quantitative estimate of drug-likeness (QED) is 0.627. The molecule has 0 saturated heterocycles. The summed E-state index contributed by atoms with van der Waals surface area (Å²) in [5.41, 5.74) is 5.40. The van der Waals surface area contributed by atoms with Crippen LogP contribution < -0.4 is 5.73 Å². The SMILES string of the molecule is Cl.NC(CCO)c1cc([N+](=O)[O-])ccc1F. The molecular formula is C9H12ClFN2O3. The van der Waals surface area contributed by atoms with E-state index in [1.165, 1.54) is 0 Å². The van der Waals surface area contributed by atoms with Crippen LogP contribution in [0.3, 0.4) is 0 Å².